The van der Waals surface area contributed by atoms with Crippen molar-refractivity contribution in [1.29, 1.82) is 0 Å². The molecule has 0 saturated carbocycles. The Morgan fingerprint density at radius 1 is 1.37 bits per heavy atom. The van der Waals surface area contributed by atoms with Crippen LogP contribution in [-0.2, 0) is 6.54 Å². The first-order valence-corrected chi connectivity index (χ1v) is 5.88. The van der Waals surface area contributed by atoms with Gasteiger partial charge in [0.25, 0.3) is 0 Å². The molecule has 0 unspecified atom stereocenters. The molecular formula is C11H17N5O3. The molecule has 8 heteroatoms. The van der Waals surface area contributed by atoms with Crippen LogP contribution in [0.5, 0.6) is 0 Å². The number of nitrogens with one attached hydrogen (secondary N) is 2. The fourth-order valence-corrected chi connectivity index (χ4v) is 1.71. The van der Waals surface area contributed by atoms with E-state index in [4.69, 9.17) is 10.8 Å². The summed E-state index contributed by atoms with van der Waals surface area (Å²) in [5.41, 5.74) is 7.82. The Hall–Kier alpha value is -1.74. The van der Waals surface area contributed by atoms with Crippen LogP contribution in [0.3, 0.4) is 0 Å². The Balaban J connectivity index is 1.94. The summed E-state index contributed by atoms with van der Waals surface area (Å²) in [5.74, 6) is 0.303. The molecule has 2 atom stereocenters. The highest BCUT2D eigenvalue weighted by atomic mass is 16.4. The maximum Gasteiger partial charge on any atom is 0.198 e. The van der Waals surface area contributed by atoms with Gasteiger partial charge in [0.2, 0.25) is 0 Å². The van der Waals surface area contributed by atoms with E-state index in [2.05, 4.69) is 20.3 Å². The van der Waals surface area contributed by atoms with Gasteiger partial charge in [-0.1, -0.05) is 0 Å². The molecule has 2 rings (SSSR count). The number of aliphatic hydroxyl groups excluding tert-OH is 3. The Kier molecular flexibility index (Phi) is 4.27. The van der Waals surface area contributed by atoms with E-state index >= 15 is 0 Å². The molecule has 0 radical (unpaired) electrons. The van der Waals surface area contributed by atoms with E-state index in [1.807, 2.05) is 0 Å². The van der Waals surface area contributed by atoms with Crippen LogP contribution in [-0.4, -0.2) is 55.6 Å². The van der Waals surface area contributed by atoms with Gasteiger partial charge in [0.1, 0.15) is 17.5 Å². The van der Waals surface area contributed by atoms with Crippen LogP contribution in [0.2, 0.25) is 0 Å². The lowest BCUT2D eigenvalue weighted by atomic mass is 10.2. The normalized spacial score (nSPS) is 14.7. The average molecular weight is 267 g/mol. The van der Waals surface area contributed by atoms with Gasteiger partial charge in [-0.2, -0.15) is 0 Å². The summed E-state index contributed by atoms with van der Waals surface area (Å²) in [5, 5.41) is 30.3. The minimum Gasteiger partial charge on any atom is -0.394 e. The zero-order valence-corrected chi connectivity index (χ0v) is 10.2. The van der Waals surface area contributed by atoms with E-state index in [1.54, 1.807) is 12.4 Å². The molecule has 104 valence electrons. The molecule has 0 aromatic rings. The number of aromatic nitrogens is 3. The first-order chi connectivity index (χ1) is 9.11. The van der Waals surface area contributed by atoms with Crippen LogP contribution >= 0.6 is 0 Å². The summed E-state index contributed by atoms with van der Waals surface area (Å²) in [7, 11) is 0. The van der Waals surface area contributed by atoms with Gasteiger partial charge in [0, 0.05) is 31.0 Å². The maximum atomic E-state index is 9.47. The predicted octanol–water partition coefficient (Wildman–Crippen LogP) is -1.70. The van der Waals surface area contributed by atoms with E-state index in [1.165, 1.54) is 0 Å². The third-order valence-corrected chi connectivity index (χ3v) is 2.80. The highest BCUT2D eigenvalue weighted by Gasteiger charge is 2.16. The molecule has 19 heavy (non-hydrogen) atoms. The molecule has 0 fully saturated rings. The van der Waals surface area contributed by atoms with Crippen molar-refractivity contribution in [3.63, 3.8) is 0 Å². The molecule has 0 aliphatic carbocycles. The van der Waals surface area contributed by atoms with Crippen molar-refractivity contribution < 1.29 is 15.3 Å². The maximum absolute atomic E-state index is 9.47. The molecule has 2 aliphatic rings. The van der Waals surface area contributed by atoms with Gasteiger partial charge in [-0.15, -0.1) is 0 Å². The lowest BCUT2D eigenvalue weighted by Gasteiger charge is -2.15. The van der Waals surface area contributed by atoms with Crippen molar-refractivity contribution in [2.75, 3.05) is 18.9 Å². The first kappa shape index (κ1) is 13.7. The van der Waals surface area contributed by atoms with Gasteiger partial charge < -0.3 is 31.4 Å². The monoisotopic (exact) mass is 267 g/mol. The number of hydrogen-bond acceptors (Lipinski definition) is 7. The number of fused-ring (bicyclic) bond motifs is 1. The molecule has 0 aromatic heterocycles. The summed E-state index contributed by atoms with van der Waals surface area (Å²) in [4.78, 5) is 11.1. The van der Waals surface area contributed by atoms with Crippen molar-refractivity contribution in [3.8, 4) is 11.4 Å². The van der Waals surface area contributed by atoms with E-state index in [0.717, 1.165) is 5.56 Å². The second kappa shape index (κ2) is 5.93. The van der Waals surface area contributed by atoms with Gasteiger partial charge in [-0.05, 0) is 0 Å². The quantitative estimate of drug-likeness (QED) is 0.366. The predicted molar refractivity (Wildman–Crippen MR) is 68.2 cm³/mol. The van der Waals surface area contributed by atoms with Gasteiger partial charge in [-0.25, -0.2) is 4.98 Å². The smallest absolute Gasteiger partial charge is 0.198 e. The van der Waals surface area contributed by atoms with Crippen molar-refractivity contribution in [1.82, 2.24) is 20.3 Å². The second-order valence-corrected chi connectivity index (χ2v) is 4.25. The zero-order chi connectivity index (χ0) is 13.8. The van der Waals surface area contributed by atoms with Crippen molar-refractivity contribution in [2.24, 2.45) is 0 Å². The molecule has 0 bridgehead atoms. The third-order valence-electron chi connectivity index (χ3n) is 2.80. The SMILES string of the molecule is Nc1nc2c(CNC[C@H](O)[C@H](O)CO)cnc-2c[nH]1. The second-order valence-electron chi connectivity index (χ2n) is 4.25. The Morgan fingerprint density at radius 2 is 2.16 bits per heavy atom. The lowest BCUT2D eigenvalue weighted by Crippen LogP contribution is -2.38. The van der Waals surface area contributed by atoms with Gasteiger partial charge >= 0.3 is 0 Å². The number of nitrogens with zero attached hydrogens (tertiary/aromatic N) is 2. The van der Waals surface area contributed by atoms with Crippen LogP contribution in [0.25, 0.3) is 11.4 Å². The Bertz CT molecular complexity index is 503. The largest absolute Gasteiger partial charge is 0.394 e. The van der Waals surface area contributed by atoms with Crippen LogP contribution in [0.1, 0.15) is 5.56 Å². The number of hydrogen-bond donors (Lipinski definition) is 6. The molecule has 2 aliphatic heterocycles. The van der Waals surface area contributed by atoms with Crippen LogP contribution in [0.4, 0.5) is 5.95 Å². The van der Waals surface area contributed by atoms with E-state index in [0.29, 0.717) is 23.9 Å². The summed E-state index contributed by atoms with van der Waals surface area (Å²) in [6.45, 7) is 0.114. The summed E-state index contributed by atoms with van der Waals surface area (Å²) >= 11 is 0. The van der Waals surface area contributed by atoms with E-state index in [-0.39, 0.29) is 6.54 Å². The molecule has 2 heterocycles. The molecule has 0 aromatic carbocycles. The number of nitrogen functional groups attached to an aromatic ring is 1. The Labute approximate surface area is 109 Å². The molecular weight excluding hydrogens is 250 g/mol. The third kappa shape index (κ3) is 3.18. The molecule has 8 nitrogen and oxygen atoms in total. The number of anilines is 1. The Morgan fingerprint density at radius 3 is 2.89 bits per heavy atom. The zero-order valence-electron chi connectivity index (χ0n) is 10.2. The van der Waals surface area contributed by atoms with Gasteiger partial charge in [-0.3, -0.25) is 4.98 Å². The summed E-state index contributed by atoms with van der Waals surface area (Å²) < 4.78 is 0. The first-order valence-electron chi connectivity index (χ1n) is 5.88. The molecule has 7 N–H and O–H groups in total. The molecule has 0 spiro atoms. The summed E-state index contributed by atoms with van der Waals surface area (Å²) in [6.07, 6.45) is 1.18. The average Bonchev–Trinajstić information content (AvgIpc) is 2.80. The molecule has 0 amide bonds. The van der Waals surface area contributed by atoms with Crippen molar-refractivity contribution in [2.45, 2.75) is 18.8 Å². The minimum atomic E-state index is -1.15. The number of aliphatic hydroxyl groups is 3. The highest BCUT2D eigenvalue weighted by Crippen LogP contribution is 2.22. The number of H-pyrrole nitrogens is 1. The van der Waals surface area contributed by atoms with E-state index < -0.39 is 18.8 Å². The topological polar surface area (TPSA) is 140 Å². The fourth-order valence-electron chi connectivity index (χ4n) is 1.71. The standard InChI is InChI=1S/C11H17N5O3/c12-11-15-3-7-10(16-11)6(2-14-7)1-13-4-8(18)9(19)5-17/h2-3,8-9,13,17-19H,1,4-5H2,(H3,12,15,16)/t8-,9+/m0/s1. The summed E-state index contributed by atoms with van der Waals surface area (Å²) in [6, 6.07) is 0. The molecule has 0 saturated heterocycles. The van der Waals surface area contributed by atoms with Crippen molar-refractivity contribution in [3.05, 3.63) is 18.0 Å². The van der Waals surface area contributed by atoms with Crippen molar-refractivity contribution >= 4 is 5.95 Å². The van der Waals surface area contributed by atoms with Gasteiger partial charge in [0.15, 0.2) is 5.95 Å². The lowest BCUT2D eigenvalue weighted by molar-refractivity contribution is -0.0129. The van der Waals surface area contributed by atoms with Crippen LogP contribution in [0.15, 0.2) is 12.4 Å². The van der Waals surface area contributed by atoms with Crippen LogP contribution < -0.4 is 11.1 Å². The number of rotatable bonds is 6. The minimum absolute atomic E-state index is 0.156. The fraction of sp³-hybridized carbons (Fsp3) is 0.455. The van der Waals surface area contributed by atoms with Crippen LogP contribution in [0, 0.1) is 0 Å². The number of nitrogens with two attached hydrogens (primary N) is 1. The highest BCUT2D eigenvalue weighted by molar-refractivity contribution is 5.61. The van der Waals surface area contributed by atoms with E-state index in [9.17, 15) is 10.2 Å². The van der Waals surface area contributed by atoms with Gasteiger partial charge in [0.05, 0.1) is 12.7 Å². The number of aromatic amines is 1.